The Labute approximate surface area is 110 Å². The predicted molar refractivity (Wildman–Crippen MR) is 63.4 cm³/mol. The quantitative estimate of drug-likeness (QED) is 0.694. The Morgan fingerprint density at radius 2 is 2.26 bits per heavy atom. The summed E-state index contributed by atoms with van der Waals surface area (Å²) in [7, 11) is 1.75. The molecule has 1 aromatic rings. The highest BCUT2D eigenvalue weighted by Gasteiger charge is 2.43. The lowest BCUT2D eigenvalue weighted by molar-refractivity contribution is -0.150. The number of carbonyl (C=O) groups excluding carboxylic acids is 2. The molecule has 102 valence electrons. The second kappa shape index (κ2) is 4.34. The summed E-state index contributed by atoms with van der Waals surface area (Å²) in [5, 5.41) is 3.61. The minimum atomic E-state index is -0.127. The van der Waals surface area contributed by atoms with Gasteiger partial charge >= 0.3 is 0 Å². The number of fused-ring (bicyclic) bond motifs is 1. The fourth-order valence-corrected chi connectivity index (χ4v) is 2.60. The van der Waals surface area contributed by atoms with Crippen molar-refractivity contribution in [2.75, 3.05) is 26.7 Å². The molecule has 3 heterocycles. The largest absolute Gasteiger partial charge is 0.364 e. The van der Waals surface area contributed by atoms with Gasteiger partial charge in [-0.3, -0.25) is 9.59 Å². The van der Waals surface area contributed by atoms with E-state index in [-0.39, 0.29) is 30.6 Å². The molecule has 0 unspecified atom stereocenters. The monoisotopic (exact) mass is 265 g/mol. The van der Waals surface area contributed by atoms with Crippen LogP contribution in [0.3, 0.4) is 0 Å². The van der Waals surface area contributed by atoms with Crippen molar-refractivity contribution < 1.29 is 18.8 Å². The highest BCUT2D eigenvalue weighted by atomic mass is 16.5. The number of amides is 2. The molecule has 2 atom stereocenters. The topological polar surface area (TPSA) is 75.9 Å². The van der Waals surface area contributed by atoms with Crippen LogP contribution < -0.4 is 0 Å². The standard InChI is InChI=1S/C12H15N3O4/c1-7-8(3-13-19-7)12(17)15-4-9-10(5-15)18-6-11(16)14(9)2/h3,9-10H,4-6H2,1-2H3/t9-,10-/m1/s1. The van der Waals surface area contributed by atoms with Crippen LogP contribution >= 0.6 is 0 Å². The van der Waals surface area contributed by atoms with Crippen LogP contribution in [0.1, 0.15) is 16.1 Å². The molecular formula is C12H15N3O4. The van der Waals surface area contributed by atoms with E-state index in [4.69, 9.17) is 9.26 Å². The lowest BCUT2D eigenvalue weighted by Crippen LogP contribution is -2.51. The van der Waals surface area contributed by atoms with Crippen molar-refractivity contribution in [2.24, 2.45) is 0 Å². The number of likely N-dealkylation sites (N-methyl/N-ethyl adjacent to an activating group) is 1. The zero-order chi connectivity index (χ0) is 13.6. The van der Waals surface area contributed by atoms with Gasteiger partial charge in [0.25, 0.3) is 5.91 Å². The summed E-state index contributed by atoms with van der Waals surface area (Å²) >= 11 is 0. The number of hydrogen-bond acceptors (Lipinski definition) is 5. The van der Waals surface area contributed by atoms with Crippen LogP contribution in [-0.4, -0.2) is 65.7 Å². The number of rotatable bonds is 1. The van der Waals surface area contributed by atoms with Crippen LogP contribution in [0.15, 0.2) is 10.7 Å². The summed E-state index contributed by atoms with van der Waals surface area (Å²) in [4.78, 5) is 27.2. The second-order valence-corrected chi connectivity index (χ2v) is 4.93. The number of hydrogen-bond donors (Lipinski definition) is 0. The molecule has 3 rings (SSSR count). The first-order chi connectivity index (χ1) is 9.08. The lowest BCUT2D eigenvalue weighted by atomic mass is 10.1. The number of morpholine rings is 1. The zero-order valence-corrected chi connectivity index (χ0v) is 10.8. The predicted octanol–water partition coefficient (Wildman–Crippen LogP) is -0.335. The van der Waals surface area contributed by atoms with E-state index in [0.29, 0.717) is 24.4 Å². The fourth-order valence-electron chi connectivity index (χ4n) is 2.60. The molecule has 0 aliphatic carbocycles. The van der Waals surface area contributed by atoms with E-state index in [1.54, 1.807) is 23.8 Å². The Morgan fingerprint density at radius 3 is 2.95 bits per heavy atom. The normalized spacial score (nSPS) is 26.7. The Morgan fingerprint density at radius 1 is 1.47 bits per heavy atom. The Kier molecular flexibility index (Phi) is 2.78. The lowest BCUT2D eigenvalue weighted by Gasteiger charge is -2.33. The van der Waals surface area contributed by atoms with Crippen LogP contribution in [0, 0.1) is 6.92 Å². The summed E-state index contributed by atoms with van der Waals surface area (Å²) in [5.74, 6) is 0.333. The molecule has 2 amide bonds. The van der Waals surface area contributed by atoms with E-state index in [0.717, 1.165) is 0 Å². The van der Waals surface area contributed by atoms with Gasteiger partial charge in [-0.05, 0) is 6.92 Å². The van der Waals surface area contributed by atoms with E-state index >= 15 is 0 Å². The smallest absolute Gasteiger partial charge is 0.259 e. The van der Waals surface area contributed by atoms with Gasteiger partial charge in [0.1, 0.15) is 17.9 Å². The van der Waals surface area contributed by atoms with Crippen molar-refractivity contribution >= 4 is 11.8 Å². The molecule has 0 spiro atoms. The number of carbonyl (C=O) groups is 2. The van der Waals surface area contributed by atoms with Crippen molar-refractivity contribution in [2.45, 2.75) is 19.1 Å². The van der Waals surface area contributed by atoms with Gasteiger partial charge in [-0.15, -0.1) is 0 Å². The first-order valence-electron chi connectivity index (χ1n) is 6.15. The molecule has 7 heteroatoms. The van der Waals surface area contributed by atoms with Gasteiger partial charge in [0.15, 0.2) is 0 Å². The molecule has 0 aromatic carbocycles. The van der Waals surface area contributed by atoms with Crippen molar-refractivity contribution in [3.05, 3.63) is 17.5 Å². The molecule has 2 fully saturated rings. The van der Waals surface area contributed by atoms with Gasteiger partial charge in [0.2, 0.25) is 5.91 Å². The zero-order valence-electron chi connectivity index (χ0n) is 10.8. The van der Waals surface area contributed by atoms with Gasteiger partial charge in [-0.25, -0.2) is 0 Å². The summed E-state index contributed by atoms with van der Waals surface area (Å²) in [6, 6.07) is -0.0645. The van der Waals surface area contributed by atoms with Crippen LogP contribution in [0.5, 0.6) is 0 Å². The van der Waals surface area contributed by atoms with E-state index < -0.39 is 0 Å². The molecule has 0 saturated carbocycles. The number of likely N-dealkylation sites (tertiary alicyclic amines) is 1. The SMILES string of the molecule is Cc1oncc1C(=O)N1C[C@@H]2[C@@H](C1)OCC(=O)N2C. The molecule has 1 aromatic heterocycles. The van der Waals surface area contributed by atoms with Crippen molar-refractivity contribution in [1.82, 2.24) is 15.0 Å². The highest BCUT2D eigenvalue weighted by Crippen LogP contribution is 2.24. The molecule has 0 N–H and O–H groups in total. The number of aryl methyl sites for hydroxylation is 1. The van der Waals surface area contributed by atoms with E-state index in [9.17, 15) is 9.59 Å². The third-order valence-electron chi connectivity index (χ3n) is 3.82. The van der Waals surface area contributed by atoms with Crippen LogP contribution in [0.25, 0.3) is 0 Å². The second-order valence-electron chi connectivity index (χ2n) is 4.93. The Bertz CT molecular complexity index is 527. The van der Waals surface area contributed by atoms with Crippen molar-refractivity contribution in [3.8, 4) is 0 Å². The molecule has 2 aliphatic rings. The molecular weight excluding hydrogens is 250 g/mol. The Hall–Kier alpha value is -1.89. The highest BCUT2D eigenvalue weighted by molar-refractivity contribution is 5.95. The maximum absolute atomic E-state index is 12.3. The minimum absolute atomic E-state index is 0.0447. The minimum Gasteiger partial charge on any atom is -0.364 e. The average molecular weight is 265 g/mol. The fraction of sp³-hybridized carbons (Fsp3) is 0.583. The van der Waals surface area contributed by atoms with E-state index in [1.165, 1.54) is 6.20 Å². The molecule has 19 heavy (non-hydrogen) atoms. The van der Waals surface area contributed by atoms with Crippen LogP contribution in [0.4, 0.5) is 0 Å². The Balaban J connectivity index is 1.77. The first kappa shape index (κ1) is 12.2. The van der Waals surface area contributed by atoms with Crippen molar-refractivity contribution in [1.29, 1.82) is 0 Å². The van der Waals surface area contributed by atoms with Crippen molar-refractivity contribution in [3.63, 3.8) is 0 Å². The first-order valence-corrected chi connectivity index (χ1v) is 6.15. The van der Waals surface area contributed by atoms with Crippen LogP contribution in [-0.2, 0) is 9.53 Å². The molecule has 2 aliphatic heterocycles. The summed E-state index contributed by atoms with van der Waals surface area (Å²) in [5.41, 5.74) is 0.465. The van der Waals surface area contributed by atoms with E-state index in [1.807, 2.05) is 0 Å². The summed E-state index contributed by atoms with van der Waals surface area (Å²) in [6.07, 6.45) is 1.32. The van der Waals surface area contributed by atoms with Gasteiger partial charge in [-0.1, -0.05) is 5.16 Å². The molecule has 0 bridgehead atoms. The number of nitrogens with zero attached hydrogens (tertiary/aromatic N) is 3. The van der Waals surface area contributed by atoms with Gasteiger partial charge in [-0.2, -0.15) is 0 Å². The van der Waals surface area contributed by atoms with Gasteiger partial charge < -0.3 is 19.1 Å². The molecule has 0 radical (unpaired) electrons. The summed E-state index contributed by atoms with van der Waals surface area (Å²) in [6.45, 7) is 2.77. The third kappa shape index (κ3) is 1.90. The van der Waals surface area contributed by atoms with Crippen LogP contribution in [0.2, 0.25) is 0 Å². The third-order valence-corrected chi connectivity index (χ3v) is 3.82. The maximum atomic E-state index is 12.3. The van der Waals surface area contributed by atoms with E-state index in [2.05, 4.69) is 5.16 Å². The van der Waals surface area contributed by atoms with Gasteiger partial charge in [0.05, 0.1) is 18.3 Å². The van der Waals surface area contributed by atoms with Gasteiger partial charge in [0, 0.05) is 20.1 Å². The maximum Gasteiger partial charge on any atom is 0.259 e. The number of ether oxygens (including phenoxy) is 1. The molecule has 2 saturated heterocycles. The molecule has 7 nitrogen and oxygen atoms in total. The summed E-state index contributed by atoms with van der Waals surface area (Å²) < 4.78 is 10.4. The average Bonchev–Trinajstić information content (AvgIpc) is 2.99. The number of aromatic nitrogens is 1.